The van der Waals surface area contributed by atoms with Gasteiger partial charge in [-0.15, -0.1) is 24.0 Å². The molecule has 22 heavy (non-hydrogen) atoms. The predicted octanol–water partition coefficient (Wildman–Crippen LogP) is 3.23. The first kappa shape index (κ1) is 21.6. The molecule has 7 heteroatoms. The topological polar surface area (TPSA) is 62.5 Å². The van der Waals surface area contributed by atoms with Gasteiger partial charge in [-0.25, -0.2) is 4.99 Å². The zero-order valence-electron chi connectivity index (χ0n) is 14.1. The van der Waals surface area contributed by atoms with E-state index in [1.165, 1.54) is 0 Å². The molecule has 0 fully saturated rings. The first-order valence-corrected chi connectivity index (χ1v) is 9.13. The number of nitrogens with one attached hydrogen (secondary N) is 2. The van der Waals surface area contributed by atoms with Crippen LogP contribution in [0.2, 0.25) is 0 Å². The van der Waals surface area contributed by atoms with Gasteiger partial charge in [-0.2, -0.15) is 11.8 Å². The average Bonchev–Trinajstić information content (AvgIpc) is 2.91. The van der Waals surface area contributed by atoms with Crippen LogP contribution in [0.15, 0.2) is 9.52 Å². The van der Waals surface area contributed by atoms with Gasteiger partial charge in [0, 0.05) is 25.1 Å². The number of aromatic nitrogens is 1. The van der Waals surface area contributed by atoms with Gasteiger partial charge in [0.2, 0.25) is 0 Å². The highest BCUT2D eigenvalue weighted by molar-refractivity contribution is 14.0. The molecule has 0 atom stereocenters. The van der Waals surface area contributed by atoms with Crippen LogP contribution in [-0.2, 0) is 19.4 Å². The molecule has 0 unspecified atom stereocenters. The minimum absolute atomic E-state index is 0. The van der Waals surface area contributed by atoms with Gasteiger partial charge < -0.3 is 15.2 Å². The van der Waals surface area contributed by atoms with E-state index in [0.29, 0.717) is 6.54 Å². The van der Waals surface area contributed by atoms with Gasteiger partial charge in [0.15, 0.2) is 5.96 Å². The molecule has 1 rings (SSSR count). The first-order chi connectivity index (χ1) is 10.3. The van der Waals surface area contributed by atoms with E-state index in [-0.39, 0.29) is 24.0 Å². The molecule has 0 aromatic carbocycles. The Labute approximate surface area is 155 Å². The van der Waals surface area contributed by atoms with Gasteiger partial charge in [-0.05, 0) is 31.8 Å². The van der Waals surface area contributed by atoms with Crippen LogP contribution in [0.3, 0.4) is 0 Å². The molecule has 0 amide bonds. The number of rotatable bonds is 9. The smallest absolute Gasteiger partial charge is 0.191 e. The van der Waals surface area contributed by atoms with Gasteiger partial charge in [0.25, 0.3) is 0 Å². The van der Waals surface area contributed by atoms with Crippen molar-refractivity contribution in [3.8, 4) is 0 Å². The quantitative estimate of drug-likeness (QED) is 0.267. The number of hydrogen-bond acceptors (Lipinski definition) is 4. The Morgan fingerprint density at radius 2 is 2.00 bits per heavy atom. The van der Waals surface area contributed by atoms with Crippen molar-refractivity contribution < 1.29 is 4.52 Å². The first-order valence-electron chi connectivity index (χ1n) is 7.74. The number of aliphatic imine (C=N–C) groups is 1. The van der Waals surface area contributed by atoms with Crippen LogP contribution in [0, 0.1) is 0 Å². The predicted molar refractivity (Wildman–Crippen MR) is 106 cm³/mol. The molecule has 0 spiro atoms. The van der Waals surface area contributed by atoms with E-state index in [0.717, 1.165) is 61.1 Å². The molecule has 1 aromatic rings. The Morgan fingerprint density at radius 1 is 1.23 bits per heavy atom. The van der Waals surface area contributed by atoms with E-state index < -0.39 is 0 Å². The summed E-state index contributed by atoms with van der Waals surface area (Å²) in [5.41, 5.74) is 2.16. The third-order valence-electron chi connectivity index (χ3n) is 3.16. The Morgan fingerprint density at radius 3 is 2.59 bits per heavy atom. The van der Waals surface area contributed by atoms with Crippen molar-refractivity contribution in [3.63, 3.8) is 0 Å². The molecule has 0 bridgehead atoms. The summed E-state index contributed by atoms with van der Waals surface area (Å²) in [7, 11) is 0. The molecule has 1 aromatic heterocycles. The standard InChI is InChI=1S/C15H28N4OS.HI/c1-5-13-12(14(6-2)20-19-13)11-18-15(16-7-3)17-9-8-10-21-4;/h5-11H2,1-4H3,(H2,16,17,18);1H. The van der Waals surface area contributed by atoms with Crippen LogP contribution in [0.1, 0.15) is 44.2 Å². The van der Waals surface area contributed by atoms with E-state index in [1.54, 1.807) is 0 Å². The second kappa shape index (κ2) is 13.0. The number of nitrogens with zero attached hydrogens (tertiary/aromatic N) is 2. The SMILES string of the molecule is CCNC(=NCc1c(CC)noc1CC)NCCCSC.I. The number of thioether (sulfide) groups is 1. The summed E-state index contributed by atoms with van der Waals surface area (Å²) in [5, 5.41) is 10.8. The Balaban J connectivity index is 0.00000441. The van der Waals surface area contributed by atoms with Crippen LogP contribution >= 0.6 is 35.7 Å². The van der Waals surface area contributed by atoms with Gasteiger partial charge >= 0.3 is 0 Å². The minimum Gasteiger partial charge on any atom is -0.361 e. The lowest BCUT2D eigenvalue weighted by atomic mass is 10.1. The normalized spacial score (nSPS) is 11.2. The third-order valence-corrected chi connectivity index (χ3v) is 3.86. The molecule has 5 nitrogen and oxygen atoms in total. The summed E-state index contributed by atoms with van der Waals surface area (Å²) in [6.07, 6.45) is 5.00. The molecule has 0 aliphatic carbocycles. The molecular formula is C15H29IN4OS. The van der Waals surface area contributed by atoms with Crippen molar-refractivity contribution in [2.75, 3.05) is 25.1 Å². The maximum atomic E-state index is 5.38. The van der Waals surface area contributed by atoms with Crippen molar-refractivity contribution in [2.24, 2.45) is 4.99 Å². The summed E-state index contributed by atoms with van der Waals surface area (Å²) in [5.74, 6) is 2.98. The molecule has 1 heterocycles. The summed E-state index contributed by atoms with van der Waals surface area (Å²) in [6.45, 7) is 8.67. The highest BCUT2D eigenvalue weighted by atomic mass is 127. The van der Waals surface area contributed by atoms with Crippen LogP contribution in [0.5, 0.6) is 0 Å². The van der Waals surface area contributed by atoms with Crippen molar-refractivity contribution in [1.29, 1.82) is 0 Å². The van der Waals surface area contributed by atoms with Crippen LogP contribution in [-0.4, -0.2) is 36.2 Å². The Bertz CT molecular complexity index is 416. The molecule has 0 radical (unpaired) electrons. The fourth-order valence-electron chi connectivity index (χ4n) is 2.04. The summed E-state index contributed by atoms with van der Waals surface area (Å²) in [6, 6.07) is 0. The third kappa shape index (κ3) is 7.21. The van der Waals surface area contributed by atoms with E-state index in [4.69, 9.17) is 4.52 Å². The number of hydrogen-bond donors (Lipinski definition) is 2. The maximum absolute atomic E-state index is 5.38. The molecule has 0 saturated carbocycles. The van der Waals surface area contributed by atoms with E-state index in [2.05, 4.69) is 47.8 Å². The molecular weight excluding hydrogens is 411 g/mol. The van der Waals surface area contributed by atoms with Crippen molar-refractivity contribution in [3.05, 3.63) is 17.0 Å². The van der Waals surface area contributed by atoms with Gasteiger partial charge in [0.1, 0.15) is 5.76 Å². The second-order valence-electron chi connectivity index (χ2n) is 4.71. The number of aryl methyl sites for hydroxylation is 2. The Hall–Kier alpha value is -0.440. The fraction of sp³-hybridized carbons (Fsp3) is 0.733. The molecule has 0 aliphatic rings. The number of halogens is 1. The molecule has 2 N–H and O–H groups in total. The van der Waals surface area contributed by atoms with E-state index in [1.807, 2.05) is 11.8 Å². The van der Waals surface area contributed by atoms with Crippen LogP contribution in [0.25, 0.3) is 0 Å². The monoisotopic (exact) mass is 440 g/mol. The highest BCUT2D eigenvalue weighted by Gasteiger charge is 2.12. The fourth-order valence-corrected chi connectivity index (χ4v) is 2.47. The number of guanidine groups is 1. The van der Waals surface area contributed by atoms with Gasteiger partial charge in [0.05, 0.1) is 12.2 Å². The lowest BCUT2D eigenvalue weighted by Crippen LogP contribution is -2.37. The Kier molecular flexibility index (Phi) is 12.8. The summed E-state index contributed by atoms with van der Waals surface area (Å²) < 4.78 is 5.38. The zero-order chi connectivity index (χ0) is 15.5. The summed E-state index contributed by atoms with van der Waals surface area (Å²) in [4.78, 5) is 4.66. The molecule has 0 saturated heterocycles. The van der Waals surface area contributed by atoms with Crippen LogP contribution in [0.4, 0.5) is 0 Å². The van der Waals surface area contributed by atoms with Crippen molar-refractivity contribution >= 4 is 41.7 Å². The molecule has 128 valence electrons. The van der Waals surface area contributed by atoms with Gasteiger partial charge in [-0.3, -0.25) is 0 Å². The average molecular weight is 440 g/mol. The lowest BCUT2D eigenvalue weighted by Gasteiger charge is -2.11. The van der Waals surface area contributed by atoms with E-state index in [9.17, 15) is 0 Å². The maximum Gasteiger partial charge on any atom is 0.191 e. The summed E-state index contributed by atoms with van der Waals surface area (Å²) >= 11 is 1.87. The second-order valence-corrected chi connectivity index (χ2v) is 5.69. The van der Waals surface area contributed by atoms with Gasteiger partial charge in [-0.1, -0.05) is 19.0 Å². The zero-order valence-corrected chi connectivity index (χ0v) is 17.2. The van der Waals surface area contributed by atoms with Crippen molar-refractivity contribution in [2.45, 2.75) is 46.6 Å². The largest absolute Gasteiger partial charge is 0.361 e. The lowest BCUT2D eigenvalue weighted by molar-refractivity contribution is 0.380. The van der Waals surface area contributed by atoms with Crippen molar-refractivity contribution in [1.82, 2.24) is 15.8 Å². The minimum atomic E-state index is 0. The van der Waals surface area contributed by atoms with E-state index >= 15 is 0 Å². The molecule has 0 aliphatic heterocycles. The highest BCUT2D eigenvalue weighted by Crippen LogP contribution is 2.16. The van der Waals surface area contributed by atoms with Crippen LogP contribution < -0.4 is 10.6 Å².